The summed E-state index contributed by atoms with van der Waals surface area (Å²) in [5.41, 5.74) is 0. The van der Waals surface area contributed by atoms with Crippen LogP contribution in [-0.4, -0.2) is 18.0 Å². The first-order valence-corrected chi connectivity index (χ1v) is 9.81. The van der Waals surface area contributed by atoms with Crippen LogP contribution in [0.15, 0.2) is 12.3 Å². The summed E-state index contributed by atoms with van der Waals surface area (Å²) >= 11 is 0. The molecule has 1 nitrogen and oxygen atoms in total. The third-order valence-corrected chi connectivity index (χ3v) is 5.57. The summed E-state index contributed by atoms with van der Waals surface area (Å²) < 4.78 is 0. The van der Waals surface area contributed by atoms with Crippen LogP contribution < -0.4 is 0 Å². The summed E-state index contributed by atoms with van der Waals surface area (Å²) in [5.74, 6) is 1.93. The van der Waals surface area contributed by atoms with Gasteiger partial charge in [-0.15, -0.1) is 0 Å². The van der Waals surface area contributed by atoms with Crippen molar-refractivity contribution in [3.63, 3.8) is 0 Å². The third-order valence-electron chi connectivity index (χ3n) is 5.57. The molecule has 1 aliphatic carbocycles. The molecule has 0 aromatic rings. The van der Waals surface area contributed by atoms with Gasteiger partial charge in [0.05, 0.1) is 0 Å². The fraction of sp³-hybridized carbons (Fsp3) is 0.900. The van der Waals surface area contributed by atoms with Crippen LogP contribution >= 0.6 is 0 Å². The van der Waals surface area contributed by atoms with Crippen LogP contribution in [0.5, 0.6) is 0 Å². The molecule has 2 aliphatic rings. The van der Waals surface area contributed by atoms with Gasteiger partial charge in [-0.2, -0.15) is 0 Å². The highest BCUT2D eigenvalue weighted by molar-refractivity contribution is 4.91. The minimum Gasteiger partial charge on any atom is -0.378 e. The van der Waals surface area contributed by atoms with Crippen molar-refractivity contribution in [2.75, 3.05) is 13.1 Å². The van der Waals surface area contributed by atoms with Crippen molar-refractivity contribution in [1.82, 2.24) is 4.90 Å². The van der Waals surface area contributed by atoms with E-state index < -0.39 is 0 Å². The van der Waals surface area contributed by atoms with Crippen LogP contribution in [0.25, 0.3) is 0 Å². The lowest BCUT2D eigenvalue weighted by Crippen LogP contribution is -2.24. The Morgan fingerprint density at radius 2 is 1.57 bits per heavy atom. The monoisotopic (exact) mass is 291 g/mol. The second-order valence-electron chi connectivity index (χ2n) is 7.42. The van der Waals surface area contributed by atoms with Gasteiger partial charge in [0, 0.05) is 13.1 Å². The van der Waals surface area contributed by atoms with Gasteiger partial charge in [0.15, 0.2) is 0 Å². The van der Waals surface area contributed by atoms with E-state index in [9.17, 15) is 0 Å². The Hall–Kier alpha value is -0.460. The minimum atomic E-state index is 0.878. The van der Waals surface area contributed by atoms with Gasteiger partial charge in [0.2, 0.25) is 0 Å². The Kier molecular flexibility index (Phi) is 8.29. The Bertz CT molecular complexity index is 270. The van der Waals surface area contributed by atoms with E-state index in [4.69, 9.17) is 0 Å². The smallest absolute Gasteiger partial charge is 0.0172 e. The molecule has 2 rings (SSSR count). The zero-order chi connectivity index (χ0) is 14.8. The molecule has 0 unspecified atom stereocenters. The lowest BCUT2D eigenvalue weighted by atomic mass is 9.79. The van der Waals surface area contributed by atoms with Crippen molar-refractivity contribution in [2.24, 2.45) is 11.8 Å². The molecule has 1 saturated carbocycles. The molecule has 1 heterocycles. The average Bonchev–Trinajstić information content (AvgIpc) is 2.55. The third kappa shape index (κ3) is 6.89. The molecular weight excluding hydrogens is 254 g/mol. The molecule has 0 aromatic carbocycles. The molecule has 0 N–H and O–H groups in total. The number of hydrogen-bond acceptors (Lipinski definition) is 1. The van der Waals surface area contributed by atoms with E-state index in [2.05, 4.69) is 24.1 Å². The summed E-state index contributed by atoms with van der Waals surface area (Å²) in [5, 5.41) is 0. The second-order valence-corrected chi connectivity index (χ2v) is 7.42. The van der Waals surface area contributed by atoms with Gasteiger partial charge >= 0.3 is 0 Å². The van der Waals surface area contributed by atoms with E-state index in [1.807, 2.05) is 0 Å². The molecule has 0 bridgehead atoms. The number of likely N-dealkylation sites (tertiary alicyclic amines) is 1. The largest absolute Gasteiger partial charge is 0.378 e. The van der Waals surface area contributed by atoms with Crippen molar-refractivity contribution < 1.29 is 0 Å². The molecule has 0 spiro atoms. The normalized spacial score (nSPS) is 27.4. The standard InChI is InChI=1S/C20H37N/c1-2-3-4-5-7-10-19-11-13-20(14-12-19)15-18-21-16-8-6-9-17-21/h15,18-20H,2-14,16-17H2,1H3/b18-15+/t19-,20-. The lowest BCUT2D eigenvalue weighted by molar-refractivity contribution is 0.279. The number of allylic oxidation sites excluding steroid dienone is 1. The Morgan fingerprint density at radius 3 is 2.29 bits per heavy atom. The van der Waals surface area contributed by atoms with Crippen LogP contribution in [-0.2, 0) is 0 Å². The number of hydrogen-bond donors (Lipinski definition) is 0. The van der Waals surface area contributed by atoms with Gasteiger partial charge in [-0.3, -0.25) is 0 Å². The summed E-state index contributed by atoms with van der Waals surface area (Å²) in [6.45, 7) is 4.89. The Labute approximate surface area is 133 Å². The topological polar surface area (TPSA) is 3.24 Å². The summed E-state index contributed by atoms with van der Waals surface area (Å²) in [4.78, 5) is 2.54. The predicted octanol–water partition coefficient (Wildman–Crippen LogP) is 6.15. The zero-order valence-corrected chi connectivity index (χ0v) is 14.4. The number of rotatable bonds is 8. The zero-order valence-electron chi connectivity index (χ0n) is 14.4. The highest BCUT2D eigenvalue weighted by Gasteiger charge is 2.19. The Morgan fingerprint density at radius 1 is 0.857 bits per heavy atom. The van der Waals surface area contributed by atoms with E-state index in [0.29, 0.717) is 0 Å². The fourth-order valence-electron chi connectivity index (χ4n) is 4.02. The summed E-state index contributed by atoms with van der Waals surface area (Å²) in [6, 6.07) is 0. The maximum atomic E-state index is 2.54. The fourth-order valence-corrected chi connectivity index (χ4v) is 4.02. The molecule has 1 saturated heterocycles. The van der Waals surface area contributed by atoms with Crippen LogP contribution in [0.1, 0.15) is 90.4 Å². The van der Waals surface area contributed by atoms with Crippen LogP contribution in [0, 0.1) is 11.8 Å². The van der Waals surface area contributed by atoms with Gasteiger partial charge in [-0.25, -0.2) is 0 Å². The minimum absolute atomic E-state index is 0.878. The molecule has 1 aliphatic heterocycles. The number of piperidine rings is 1. The second kappa shape index (κ2) is 10.3. The molecule has 21 heavy (non-hydrogen) atoms. The van der Waals surface area contributed by atoms with E-state index in [1.165, 1.54) is 96.6 Å². The number of unbranched alkanes of at least 4 members (excludes halogenated alkanes) is 4. The van der Waals surface area contributed by atoms with Crippen LogP contribution in [0.3, 0.4) is 0 Å². The van der Waals surface area contributed by atoms with Crippen molar-refractivity contribution in [3.8, 4) is 0 Å². The summed E-state index contributed by atoms with van der Waals surface area (Å²) in [6.07, 6.45) is 23.8. The number of nitrogens with zero attached hydrogens (tertiary/aromatic N) is 1. The lowest BCUT2D eigenvalue weighted by Gasteiger charge is -2.29. The quantitative estimate of drug-likeness (QED) is 0.485. The first-order chi connectivity index (χ1) is 10.4. The maximum Gasteiger partial charge on any atom is 0.0172 e. The van der Waals surface area contributed by atoms with E-state index >= 15 is 0 Å². The molecular formula is C20H37N. The van der Waals surface area contributed by atoms with Gasteiger partial charge in [0.25, 0.3) is 0 Å². The molecule has 0 radical (unpaired) electrons. The van der Waals surface area contributed by atoms with Crippen LogP contribution in [0.2, 0.25) is 0 Å². The SMILES string of the molecule is CCCCCCC[C@H]1CC[C@H](/C=C/N2CCCCC2)CC1. The van der Waals surface area contributed by atoms with Gasteiger partial charge < -0.3 is 4.90 Å². The van der Waals surface area contributed by atoms with Gasteiger partial charge in [-0.05, 0) is 63.0 Å². The van der Waals surface area contributed by atoms with Crippen molar-refractivity contribution in [2.45, 2.75) is 90.4 Å². The molecule has 0 amide bonds. The van der Waals surface area contributed by atoms with Crippen molar-refractivity contribution >= 4 is 0 Å². The molecule has 122 valence electrons. The highest BCUT2D eigenvalue weighted by atomic mass is 15.1. The molecule has 0 atom stereocenters. The molecule has 2 fully saturated rings. The molecule has 1 heteroatoms. The van der Waals surface area contributed by atoms with Gasteiger partial charge in [0.1, 0.15) is 0 Å². The van der Waals surface area contributed by atoms with E-state index in [1.54, 1.807) is 0 Å². The average molecular weight is 292 g/mol. The highest BCUT2D eigenvalue weighted by Crippen LogP contribution is 2.32. The first-order valence-electron chi connectivity index (χ1n) is 9.81. The predicted molar refractivity (Wildman–Crippen MR) is 93.4 cm³/mol. The maximum absolute atomic E-state index is 2.54. The van der Waals surface area contributed by atoms with E-state index in [-0.39, 0.29) is 0 Å². The first kappa shape index (κ1) is 16.9. The van der Waals surface area contributed by atoms with Crippen molar-refractivity contribution in [3.05, 3.63) is 12.3 Å². The Balaban J connectivity index is 1.54. The van der Waals surface area contributed by atoms with E-state index in [0.717, 1.165) is 11.8 Å². The molecule has 0 aromatic heterocycles. The van der Waals surface area contributed by atoms with Crippen molar-refractivity contribution in [1.29, 1.82) is 0 Å². The van der Waals surface area contributed by atoms with Crippen LogP contribution in [0.4, 0.5) is 0 Å². The summed E-state index contributed by atoms with van der Waals surface area (Å²) in [7, 11) is 0. The van der Waals surface area contributed by atoms with Gasteiger partial charge in [-0.1, -0.05) is 51.5 Å².